The summed E-state index contributed by atoms with van der Waals surface area (Å²) < 4.78 is 2.43. The molecule has 1 aliphatic heterocycles. The lowest BCUT2D eigenvalue weighted by Crippen LogP contribution is -2.35. The summed E-state index contributed by atoms with van der Waals surface area (Å²) in [5.74, 6) is 0.00615. The van der Waals surface area contributed by atoms with Gasteiger partial charge in [-0.2, -0.15) is 0 Å². The number of para-hydroxylation sites is 2. The quantitative estimate of drug-likeness (QED) is 0.155. The van der Waals surface area contributed by atoms with Gasteiger partial charge in [-0.3, -0.25) is 4.79 Å². The SMILES string of the molecule is CC1(c2ccccc2-c2ccccc2)c2ccccc2-c2ccc(C(=O)c3ccc4c(c3)C(c3ccccc3)(c3ccccc3)c3cccc5c6ccccc6n-4c35)cc21. The van der Waals surface area contributed by atoms with E-state index in [2.05, 4.69) is 218 Å². The molecule has 9 aromatic carbocycles. The first kappa shape index (κ1) is 34.5. The van der Waals surface area contributed by atoms with E-state index in [1.165, 1.54) is 55.2 Å². The second-order valence-electron chi connectivity index (χ2n) is 16.4. The molecule has 2 heteroatoms. The molecule has 2 aliphatic rings. The van der Waals surface area contributed by atoms with E-state index >= 15 is 4.79 Å². The van der Waals surface area contributed by atoms with Crippen molar-refractivity contribution in [1.82, 2.24) is 4.57 Å². The molecule has 0 N–H and O–H groups in total. The topological polar surface area (TPSA) is 22.0 Å². The molecule has 1 aliphatic carbocycles. The van der Waals surface area contributed by atoms with Gasteiger partial charge in [0.15, 0.2) is 5.78 Å². The Morgan fingerprint density at radius 3 is 1.65 bits per heavy atom. The monoisotopic (exact) mass is 765 g/mol. The number of nitrogens with zero attached hydrogens (tertiary/aromatic N) is 1. The van der Waals surface area contributed by atoms with Crippen LogP contribution in [0.15, 0.2) is 218 Å². The van der Waals surface area contributed by atoms with Gasteiger partial charge in [-0.1, -0.05) is 188 Å². The Bertz CT molecular complexity index is 3300. The highest BCUT2D eigenvalue weighted by Crippen LogP contribution is 2.56. The predicted molar refractivity (Wildman–Crippen MR) is 245 cm³/mol. The Hall–Kier alpha value is -7.55. The average molecular weight is 766 g/mol. The maximum Gasteiger partial charge on any atom is 0.193 e. The summed E-state index contributed by atoms with van der Waals surface area (Å²) in [6, 6.07) is 78.1. The van der Waals surface area contributed by atoms with Crippen molar-refractivity contribution in [3.8, 4) is 27.9 Å². The average Bonchev–Trinajstić information content (AvgIpc) is 3.80. The van der Waals surface area contributed by atoms with Gasteiger partial charge in [0.2, 0.25) is 0 Å². The standard InChI is InChI=1S/C58H39NO/c1-57(48-28-14-11-24-43(48)38-18-5-2-6-19-38)49-29-15-12-25-44(49)45-34-32-39(36-51(45)57)56(60)40-33-35-54-52(37-40)58(41-20-7-3-8-21-41,42-22-9-4-10-23-42)50-30-17-27-47-46-26-13-16-31-53(46)59(54)55(47)50/h2-37H,1H3. The number of carbonyl (C=O) groups excluding carboxylic acids is 1. The Morgan fingerprint density at radius 2 is 0.933 bits per heavy atom. The first-order valence-corrected chi connectivity index (χ1v) is 20.8. The summed E-state index contributed by atoms with van der Waals surface area (Å²) in [7, 11) is 0. The van der Waals surface area contributed by atoms with Crippen molar-refractivity contribution >= 4 is 27.6 Å². The predicted octanol–water partition coefficient (Wildman–Crippen LogP) is 13.7. The lowest BCUT2D eigenvalue weighted by atomic mass is 9.63. The molecule has 282 valence electrons. The van der Waals surface area contributed by atoms with Crippen molar-refractivity contribution in [2.75, 3.05) is 0 Å². The highest BCUT2D eigenvalue weighted by atomic mass is 16.1. The van der Waals surface area contributed by atoms with Crippen LogP contribution in [0.25, 0.3) is 49.7 Å². The van der Waals surface area contributed by atoms with Crippen LogP contribution in [-0.4, -0.2) is 10.4 Å². The second-order valence-corrected chi connectivity index (χ2v) is 16.4. The third-order valence-corrected chi connectivity index (χ3v) is 13.5. The molecule has 1 unspecified atom stereocenters. The molecule has 60 heavy (non-hydrogen) atoms. The molecule has 1 aromatic heterocycles. The van der Waals surface area contributed by atoms with E-state index < -0.39 is 10.8 Å². The van der Waals surface area contributed by atoms with E-state index in [1.54, 1.807) is 0 Å². The first-order chi connectivity index (χ1) is 29.6. The summed E-state index contributed by atoms with van der Waals surface area (Å²) >= 11 is 0. The number of ketones is 1. The summed E-state index contributed by atoms with van der Waals surface area (Å²) in [6.45, 7) is 2.33. The third kappa shape index (κ3) is 4.62. The minimum Gasteiger partial charge on any atom is -0.309 e. The maximum absolute atomic E-state index is 15.3. The Morgan fingerprint density at radius 1 is 0.417 bits per heavy atom. The number of aromatic nitrogens is 1. The Balaban J connectivity index is 1.09. The van der Waals surface area contributed by atoms with E-state index in [-0.39, 0.29) is 5.78 Å². The smallest absolute Gasteiger partial charge is 0.193 e. The van der Waals surface area contributed by atoms with Crippen molar-refractivity contribution < 1.29 is 4.79 Å². The van der Waals surface area contributed by atoms with Crippen molar-refractivity contribution in [2.24, 2.45) is 0 Å². The third-order valence-electron chi connectivity index (χ3n) is 13.5. The Labute approximate surface area is 349 Å². The summed E-state index contributed by atoms with van der Waals surface area (Å²) in [5, 5.41) is 2.44. The lowest BCUT2D eigenvalue weighted by Gasteiger charge is -2.42. The molecule has 0 saturated heterocycles. The summed E-state index contributed by atoms with van der Waals surface area (Å²) in [5.41, 5.74) is 16.6. The van der Waals surface area contributed by atoms with Gasteiger partial charge in [0.25, 0.3) is 0 Å². The van der Waals surface area contributed by atoms with Gasteiger partial charge < -0.3 is 4.57 Å². The van der Waals surface area contributed by atoms with Crippen molar-refractivity contribution in [3.63, 3.8) is 0 Å². The fourth-order valence-corrected chi connectivity index (χ4v) is 10.9. The zero-order valence-electron chi connectivity index (χ0n) is 33.1. The first-order valence-electron chi connectivity index (χ1n) is 20.8. The van der Waals surface area contributed by atoms with Gasteiger partial charge in [0, 0.05) is 27.3 Å². The van der Waals surface area contributed by atoms with Crippen LogP contribution in [0.4, 0.5) is 0 Å². The minimum absolute atomic E-state index is 0.00615. The zero-order valence-corrected chi connectivity index (χ0v) is 33.1. The van der Waals surface area contributed by atoms with Crippen molar-refractivity contribution in [1.29, 1.82) is 0 Å². The molecule has 1 atom stereocenters. The van der Waals surface area contributed by atoms with Crippen LogP contribution in [0, 0.1) is 0 Å². The number of rotatable bonds is 6. The van der Waals surface area contributed by atoms with Gasteiger partial charge in [0.05, 0.1) is 22.1 Å². The molecule has 0 bridgehead atoms. The summed E-state index contributed by atoms with van der Waals surface area (Å²) in [4.78, 5) is 15.3. The molecule has 12 rings (SSSR count). The number of carbonyl (C=O) groups is 1. The molecule has 2 heterocycles. The molecule has 0 fully saturated rings. The molecule has 10 aromatic rings. The van der Waals surface area contributed by atoms with E-state index in [0.29, 0.717) is 11.1 Å². The number of fused-ring (bicyclic) bond motifs is 8. The highest BCUT2D eigenvalue weighted by molar-refractivity contribution is 6.13. The van der Waals surface area contributed by atoms with Crippen LogP contribution < -0.4 is 0 Å². The maximum atomic E-state index is 15.3. The second kappa shape index (κ2) is 13.0. The molecule has 0 saturated carbocycles. The van der Waals surface area contributed by atoms with Gasteiger partial charge in [0.1, 0.15) is 0 Å². The van der Waals surface area contributed by atoms with Crippen LogP contribution >= 0.6 is 0 Å². The van der Waals surface area contributed by atoms with Crippen LogP contribution in [0.1, 0.15) is 61.8 Å². The number of hydrogen-bond acceptors (Lipinski definition) is 1. The number of hydrogen-bond donors (Lipinski definition) is 0. The van der Waals surface area contributed by atoms with Gasteiger partial charge in [-0.25, -0.2) is 0 Å². The molecule has 0 radical (unpaired) electrons. The molecule has 0 amide bonds. The van der Waals surface area contributed by atoms with Crippen LogP contribution in [0.5, 0.6) is 0 Å². The van der Waals surface area contributed by atoms with Gasteiger partial charge >= 0.3 is 0 Å². The largest absolute Gasteiger partial charge is 0.309 e. The molecule has 2 nitrogen and oxygen atoms in total. The molecule has 0 spiro atoms. The minimum atomic E-state index is -0.697. The van der Waals surface area contributed by atoms with Crippen molar-refractivity contribution in [3.05, 3.63) is 268 Å². The van der Waals surface area contributed by atoms with Crippen LogP contribution in [0.2, 0.25) is 0 Å². The van der Waals surface area contributed by atoms with E-state index in [9.17, 15) is 0 Å². The highest BCUT2D eigenvalue weighted by Gasteiger charge is 2.46. The van der Waals surface area contributed by atoms with Crippen molar-refractivity contribution in [2.45, 2.75) is 17.8 Å². The van der Waals surface area contributed by atoms with E-state index in [0.717, 1.165) is 33.5 Å². The van der Waals surface area contributed by atoms with Gasteiger partial charge in [-0.05, 0) is 98.5 Å². The molecular formula is C58H39NO. The van der Waals surface area contributed by atoms with Crippen LogP contribution in [0.3, 0.4) is 0 Å². The molecular weight excluding hydrogens is 727 g/mol. The van der Waals surface area contributed by atoms with Crippen LogP contribution in [-0.2, 0) is 10.8 Å². The lowest BCUT2D eigenvalue weighted by molar-refractivity contribution is 0.103. The van der Waals surface area contributed by atoms with Gasteiger partial charge in [-0.15, -0.1) is 0 Å². The fourth-order valence-electron chi connectivity index (χ4n) is 10.9. The summed E-state index contributed by atoms with van der Waals surface area (Å²) in [6.07, 6.45) is 0. The zero-order chi connectivity index (χ0) is 40.0. The Kier molecular flexibility index (Phi) is 7.46. The van der Waals surface area contributed by atoms with E-state index in [1.807, 2.05) is 12.1 Å². The fraction of sp³-hybridized carbons (Fsp3) is 0.0517. The normalized spacial score (nSPS) is 15.7. The van der Waals surface area contributed by atoms with E-state index in [4.69, 9.17) is 0 Å². The number of benzene rings is 9.